The van der Waals surface area contributed by atoms with Crippen molar-refractivity contribution in [1.82, 2.24) is 0 Å². The van der Waals surface area contributed by atoms with E-state index in [0.717, 1.165) is 19.3 Å². The first-order valence-corrected chi connectivity index (χ1v) is 13.6. The maximum Gasteiger partial charge on any atom is 0.305 e. The van der Waals surface area contributed by atoms with Crippen molar-refractivity contribution in [1.29, 1.82) is 0 Å². The van der Waals surface area contributed by atoms with Crippen LogP contribution in [0.1, 0.15) is 143 Å². The largest absolute Gasteiger partial charge is 0.466 e. The highest BCUT2D eigenvalue weighted by Crippen LogP contribution is 2.12. The number of carbonyl (C=O) groups is 1. The van der Waals surface area contributed by atoms with E-state index in [1.807, 2.05) is 13.8 Å². The summed E-state index contributed by atoms with van der Waals surface area (Å²) in [7, 11) is 0. The lowest BCUT2D eigenvalue weighted by Gasteiger charge is -2.08. The van der Waals surface area contributed by atoms with Crippen LogP contribution in [0.2, 0.25) is 0 Å². The highest BCUT2D eigenvalue weighted by Gasteiger charge is 2.03. The number of hydrogen-bond acceptors (Lipinski definition) is 3. The molecular formula is C28H54O3. The van der Waals surface area contributed by atoms with Crippen molar-refractivity contribution in [3.8, 4) is 0 Å². The number of esters is 1. The SMILES string of the molecule is CCCCCCCC/C=C/CCCCCCCCCCCC(=O)OCCCOC(C)C. The Balaban J connectivity index is 3.18. The van der Waals surface area contributed by atoms with E-state index in [0.29, 0.717) is 19.6 Å². The van der Waals surface area contributed by atoms with Gasteiger partial charge in [0, 0.05) is 12.8 Å². The van der Waals surface area contributed by atoms with Crippen molar-refractivity contribution in [2.75, 3.05) is 13.2 Å². The summed E-state index contributed by atoms with van der Waals surface area (Å²) in [5.41, 5.74) is 0. The number of carbonyl (C=O) groups excluding carboxylic acids is 1. The highest BCUT2D eigenvalue weighted by atomic mass is 16.5. The Kier molecular flexibility index (Phi) is 24.7. The fourth-order valence-corrected chi connectivity index (χ4v) is 3.68. The molecule has 0 radical (unpaired) electrons. The van der Waals surface area contributed by atoms with Gasteiger partial charge in [0.15, 0.2) is 0 Å². The zero-order valence-electron chi connectivity index (χ0n) is 21.3. The second-order valence-corrected chi connectivity index (χ2v) is 9.24. The van der Waals surface area contributed by atoms with Gasteiger partial charge in [-0.05, 0) is 46.0 Å². The zero-order chi connectivity index (χ0) is 22.8. The third kappa shape index (κ3) is 27.1. The van der Waals surface area contributed by atoms with E-state index in [-0.39, 0.29) is 12.1 Å². The van der Waals surface area contributed by atoms with Crippen LogP contribution in [0.4, 0.5) is 0 Å². The quantitative estimate of drug-likeness (QED) is 0.0857. The molecule has 0 aliphatic rings. The van der Waals surface area contributed by atoms with Gasteiger partial charge >= 0.3 is 5.97 Å². The summed E-state index contributed by atoms with van der Waals surface area (Å²) < 4.78 is 10.7. The van der Waals surface area contributed by atoms with Gasteiger partial charge in [0.2, 0.25) is 0 Å². The summed E-state index contributed by atoms with van der Waals surface area (Å²) >= 11 is 0. The van der Waals surface area contributed by atoms with E-state index < -0.39 is 0 Å². The van der Waals surface area contributed by atoms with Crippen LogP contribution in [0, 0.1) is 0 Å². The van der Waals surface area contributed by atoms with Gasteiger partial charge in [-0.15, -0.1) is 0 Å². The van der Waals surface area contributed by atoms with Crippen molar-refractivity contribution in [2.24, 2.45) is 0 Å². The number of allylic oxidation sites excluding steroid dienone is 2. The average Bonchev–Trinajstić information content (AvgIpc) is 2.75. The molecule has 0 spiro atoms. The van der Waals surface area contributed by atoms with E-state index in [2.05, 4.69) is 19.1 Å². The van der Waals surface area contributed by atoms with E-state index in [9.17, 15) is 4.79 Å². The smallest absolute Gasteiger partial charge is 0.305 e. The van der Waals surface area contributed by atoms with E-state index in [1.165, 1.54) is 96.3 Å². The first kappa shape index (κ1) is 30.2. The number of rotatable bonds is 24. The molecular weight excluding hydrogens is 384 g/mol. The van der Waals surface area contributed by atoms with Crippen LogP contribution < -0.4 is 0 Å². The van der Waals surface area contributed by atoms with Crippen molar-refractivity contribution in [3.05, 3.63) is 12.2 Å². The first-order valence-electron chi connectivity index (χ1n) is 13.6. The van der Waals surface area contributed by atoms with Gasteiger partial charge in [0.25, 0.3) is 0 Å². The maximum atomic E-state index is 11.7. The summed E-state index contributed by atoms with van der Waals surface area (Å²) in [4.78, 5) is 11.7. The third-order valence-corrected chi connectivity index (χ3v) is 5.65. The summed E-state index contributed by atoms with van der Waals surface area (Å²) in [6.45, 7) is 7.47. The van der Waals surface area contributed by atoms with Crippen LogP contribution in [-0.2, 0) is 14.3 Å². The van der Waals surface area contributed by atoms with Crippen LogP contribution in [0.3, 0.4) is 0 Å². The Labute approximate surface area is 194 Å². The predicted octanol–water partition coefficient (Wildman–Crippen LogP) is 8.94. The summed E-state index contributed by atoms with van der Waals surface area (Å²) in [6, 6.07) is 0. The van der Waals surface area contributed by atoms with Gasteiger partial charge < -0.3 is 9.47 Å². The van der Waals surface area contributed by atoms with Gasteiger partial charge in [0.1, 0.15) is 0 Å². The molecule has 0 aromatic heterocycles. The second kappa shape index (κ2) is 25.4. The summed E-state index contributed by atoms with van der Waals surface area (Å²) in [6.07, 6.45) is 28.8. The average molecular weight is 439 g/mol. The Hall–Kier alpha value is -0.830. The molecule has 0 heterocycles. The molecule has 0 fully saturated rings. The minimum Gasteiger partial charge on any atom is -0.466 e. The third-order valence-electron chi connectivity index (χ3n) is 5.65. The highest BCUT2D eigenvalue weighted by molar-refractivity contribution is 5.69. The molecule has 0 unspecified atom stereocenters. The Bertz CT molecular complexity index is 390. The number of hydrogen-bond donors (Lipinski definition) is 0. The van der Waals surface area contributed by atoms with Crippen LogP contribution in [0.25, 0.3) is 0 Å². The molecule has 3 nitrogen and oxygen atoms in total. The van der Waals surface area contributed by atoms with Gasteiger partial charge in [0.05, 0.1) is 19.3 Å². The fraction of sp³-hybridized carbons (Fsp3) is 0.893. The molecule has 0 rings (SSSR count). The molecule has 0 aromatic rings. The lowest BCUT2D eigenvalue weighted by atomic mass is 10.1. The van der Waals surface area contributed by atoms with Gasteiger partial charge in [-0.1, -0.05) is 96.1 Å². The Morgan fingerprint density at radius 3 is 1.65 bits per heavy atom. The molecule has 0 N–H and O–H groups in total. The van der Waals surface area contributed by atoms with E-state index in [1.54, 1.807) is 0 Å². The normalized spacial score (nSPS) is 11.6. The molecule has 0 saturated heterocycles. The summed E-state index contributed by atoms with van der Waals surface area (Å²) in [5, 5.41) is 0. The minimum absolute atomic E-state index is 0.0504. The second-order valence-electron chi connectivity index (χ2n) is 9.24. The van der Waals surface area contributed by atoms with Crippen molar-refractivity contribution in [3.63, 3.8) is 0 Å². The zero-order valence-corrected chi connectivity index (χ0v) is 21.3. The Morgan fingerprint density at radius 2 is 1.13 bits per heavy atom. The molecule has 0 bridgehead atoms. The number of unbranched alkanes of at least 4 members (excludes halogenated alkanes) is 15. The topological polar surface area (TPSA) is 35.5 Å². The lowest BCUT2D eigenvalue weighted by molar-refractivity contribution is -0.144. The molecule has 3 heteroatoms. The molecule has 184 valence electrons. The summed E-state index contributed by atoms with van der Waals surface area (Å²) in [5.74, 6) is -0.0504. The molecule has 0 amide bonds. The van der Waals surface area contributed by atoms with E-state index >= 15 is 0 Å². The van der Waals surface area contributed by atoms with E-state index in [4.69, 9.17) is 9.47 Å². The molecule has 0 aliphatic heterocycles. The van der Waals surface area contributed by atoms with Crippen molar-refractivity contribution < 1.29 is 14.3 Å². The molecule has 0 atom stereocenters. The van der Waals surface area contributed by atoms with Gasteiger partial charge in [-0.25, -0.2) is 0 Å². The van der Waals surface area contributed by atoms with Crippen LogP contribution >= 0.6 is 0 Å². The van der Waals surface area contributed by atoms with Crippen LogP contribution in [0.5, 0.6) is 0 Å². The van der Waals surface area contributed by atoms with Crippen molar-refractivity contribution in [2.45, 2.75) is 149 Å². The fourth-order valence-electron chi connectivity index (χ4n) is 3.68. The lowest BCUT2D eigenvalue weighted by Crippen LogP contribution is -2.10. The van der Waals surface area contributed by atoms with Crippen LogP contribution in [-0.4, -0.2) is 25.3 Å². The first-order chi connectivity index (χ1) is 15.2. The van der Waals surface area contributed by atoms with Gasteiger partial charge in [-0.2, -0.15) is 0 Å². The predicted molar refractivity (Wildman–Crippen MR) is 135 cm³/mol. The molecule has 0 saturated carbocycles. The standard InChI is InChI=1S/C28H54O3/c1-4-5-6-7-8-9-10-11-12-13-14-15-16-17-18-19-20-21-22-24-28(29)31-26-23-25-30-27(2)3/h11-12,27H,4-10,13-26H2,1-3H3/b12-11+. The maximum absolute atomic E-state index is 11.7. The molecule has 0 aliphatic carbocycles. The minimum atomic E-state index is -0.0504. The molecule has 31 heavy (non-hydrogen) atoms. The Morgan fingerprint density at radius 1 is 0.645 bits per heavy atom. The van der Waals surface area contributed by atoms with Gasteiger partial charge in [-0.3, -0.25) is 4.79 Å². The molecule has 0 aromatic carbocycles. The monoisotopic (exact) mass is 438 g/mol. The number of ether oxygens (including phenoxy) is 2. The van der Waals surface area contributed by atoms with Crippen LogP contribution in [0.15, 0.2) is 12.2 Å². The van der Waals surface area contributed by atoms with Crippen molar-refractivity contribution >= 4 is 5.97 Å².